The largest absolute Gasteiger partial charge is 0.462 e. The Morgan fingerprint density at radius 3 is 3.11 bits per heavy atom. The second kappa shape index (κ2) is 6.21. The van der Waals surface area contributed by atoms with Crippen molar-refractivity contribution in [1.82, 2.24) is 4.98 Å². The molecule has 0 aliphatic carbocycles. The molecule has 0 fully saturated rings. The van der Waals surface area contributed by atoms with Crippen LogP contribution in [0.15, 0.2) is 54.1 Å². The zero-order valence-corrected chi connectivity index (χ0v) is 10.7. The van der Waals surface area contributed by atoms with Crippen molar-refractivity contribution in [3.8, 4) is 0 Å². The molecule has 4 heteroatoms. The van der Waals surface area contributed by atoms with Crippen molar-refractivity contribution in [2.45, 2.75) is 4.90 Å². The number of benzene rings is 1. The fourth-order valence-corrected chi connectivity index (χ4v) is 2.23. The van der Waals surface area contributed by atoms with E-state index in [0.29, 0.717) is 12.4 Å². The number of hydrogen-bond donors (Lipinski definition) is 0. The van der Waals surface area contributed by atoms with Crippen LogP contribution >= 0.6 is 11.8 Å². The molecule has 1 aromatic carbocycles. The van der Waals surface area contributed by atoms with Crippen molar-refractivity contribution in [3.63, 3.8) is 0 Å². The normalized spacial score (nSPS) is 10.2. The highest BCUT2D eigenvalue weighted by molar-refractivity contribution is 7.99. The van der Waals surface area contributed by atoms with E-state index in [9.17, 15) is 4.79 Å². The molecule has 2 aromatic rings. The number of para-hydroxylation sites is 1. The lowest BCUT2D eigenvalue weighted by atomic mass is 10.2. The van der Waals surface area contributed by atoms with Gasteiger partial charge in [0.1, 0.15) is 6.61 Å². The fraction of sp³-hybridized carbons (Fsp3) is 0.143. The van der Waals surface area contributed by atoms with Gasteiger partial charge in [-0.15, -0.1) is 11.8 Å². The van der Waals surface area contributed by atoms with Gasteiger partial charge >= 0.3 is 5.97 Å². The van der Waals surface area contributed by atoms with E-state index in [1.165, 1.54) is 6.08 Å². The predicted octanol–water partition coefficient (Wildman–Crippen LogP) is 3.06. The van der Waals surface area contributed by atoms with Crippen LogP contribution in [0.2, 0.25) is 0 Å². The number of esters is 1. The molecule has 3 nitrogen and oxygen atoms in total. The number of fused-ring (bicyclic) bond motifs is 1. The summed E-state index contributed by atoms with van der Waals surface area (Å²) in [6, 6.07) is 10.1. The van der Waals surface area contributed by atoms with Crippen molar-refractivity contribution in [2.75, 3.05) is 12.4 Å². The molecule has 92 valence electrons. The van der Waals surface area contributed by atoms with Gasteiger partial charge in [-0.05, 0) is 12.1 Å². The fourth-order valence-electron chi connectivity index (χ4n) is 1.49. The number of nitrogens with zero attached hydrogens (tertiary/aromatic N) is 1. The molecule has 0 radical (unpaired) electrons. The third kappa shape index (κ3) is 3.34. The van der Waals surface area contributed by atoms with E-state index >= 15 is 0 Å². The summed E-state index contributed by atoms with van der Waals surface area (Å²) in [5.41, 5.74) is 0.986. The van der Waals surface area contributed by atoms with Gasteiger partial charge in [0, 0.05) is 28.3 Å². The first kappa shape index (κ1) is 12.6. The Hall–Kier alpha value is -1.81. The number of aromatic nitrogens is 1. The van der Waals surface area contributed by atoms with Gasteiger partial charge in [-0.25, -0.2) is 4.79 Å². The minimum atomic E-state index is -0.382. The number of rotatable bonds is 5. The van der Waals surface area contributed by atoms with E-state index in [1.807, 2.05) is 30.5 Å². The number of ether oxygens (including phenoxy) is 1. The topological polar surface area (TPSA) is 39.2 Å². The number of thioether (sulfide) groups is 1. The van der Waals surface area contributed by atoms with Gasteiger partial charge in [-0.2, -0.15) is 0 Å². The Labute approximate surface area is 110 Å². The molecule has 0 unspecified atom stereocenters. The Morgan fingerprint density at radius 1 is 1.44 bits per heavy atom. The molecule has 0 aliphatic heterocycles. The lowest BCUT2D eigenvalue weighted by Crippen LogP contribution is -2.03. The molecule has 0 amide bonds. The summed E-state index contributed by atoms with van der Waals surface area (Å²) in [5.74, 6) is 0.326. The van der Waals surface area contributed by atoms with E-state index < -0.39 is 0 Å². The van der Waals surface area contributed by atoms with Gasteiger partial charge in [0.05, 0.1) is 5.52 Å². The monoisotopic (exact) mass is 259 g/mol. The summed E-state index contributed by atoms with van der Waals surface area (Å²) in [7, 11) is 0. The van der Waals surface area contributed by atoms with Gasteiger partial charge < -0.3 is 4.74 Å². The lowest BCUT2D eigenvalue weighted by molar-refractivity contribution is -0.137. The van der Waals surface area contributed by atoms with Crippen LogP contribution in [-0.2, 0) is 9.53 Å². The van der Waals surface area contributed by atoms with E-state index in [-0.39, 0.29) is 5.97 Å². The predicted molar refractivity (Wildman–Crippen MR) is 73.6 cm³/mol. The highest BCUT2D eigenvalue weighted by atomic mass is 32.2. The molecule has 0 atom stereocenters. The molecular formula is C14H13NO2S. The molecule has 1 heterocycles. The molecule has 18 heavy (non-hydrogen) atoms. The highest BCUT2D eigenvalue weighted by Gasteiger charge is 1.99. The van der Waals surface area contributed by atoms with E-state index in [4.69, 9.17) is 4.74 Å². The third-order valence-corrected chi connectivity index (χ3v) is 3.26. The number of carbonyl (C=O) groups excluding carboxylic acids is 1. The minimum Gasteiger partial charge on any atom is -0.462 e. The van der Waals surface area contributed by atoms with Crippen molar-refractivity contribution < 1.29 is 9.53 Å². The average Bonchev–Trinajstić information content (AvgIpc) is 2.43. The molecular weight excluding hydrogens is 246 g/mol. The number of hydrogen-bond acceptors (Lipinski definition) is 4. The number of pyridine rings is 1. The van der Waals surface area contributed by atoms with Crippen LogP contribution in [0.1, 0.15) is 0 Å². The van der Waals surface area contributed by atoms with Crippen molar-refractivity contribution in [2.24, 2.45) is 0 Å². The van der Waals surface area contributed by atoms with Gasteiger partial charge in [-0.1, -0.05) is 24.8 Å². The number of carbonyl (C=O) groups is 1. The standard InChI is InChI=1S/C14H13NO2S/c1-2-14(16)17-7-8-18-12-9-11-5-3-4-6-13(11)15-10-12/h2-6,9-10H,1,7-8H2. The SMILES string of the molecule is C=CC(=O)OCCSc1cnc2ccccc2c1. The molecule has 0 saturated heterocycles. The molecule has 0 bridgehead atoms. The zero-order chi connectivity index (χ0) is 12.8. The van der Waals surface area contributed by atoms with E-state index in [0.717, 1.165) is 15.8 Å². The van der Waals surface area contributed by atoms with E-state index in [1.54, 1.807) is 11.8 Å². The maximum Gasteiger partial charge on any atom is 0.330 e. The molecule has 0 spiro atoms. The van der Waals surface area contributed by atoms with Gasteiger partial charge in [0.2, 0.25) is 0 Å². The molecule has 0 N–H and O–H groups in total. The smallest absolute Gasteiger partial charge is 0.330 e. The second-order valence-electron chi connectivity index (χ2n) is 3.58. The maximum absolute atomic E-state index is 10.8. The van der Waals surface area contributed by atoms with Crippen LogP contribution in [0, 0.1) is 0 Å². The third-order valence-electron chi connectivity index (χ3n) is 2.33. The average molecular weight is 259 g/mol. The summed E-state index contributed by atoms with van der Waals surface area (Å²) in [6.45, 7) is 3.72. The summed E-state index contributed by atoms with van der Waals surface area (Å²) in [5, 5.41) is 1.12. The first-order valence-corrected chi connectivity index (χ1v) is 6.55. The van der Waals surface area contributed by atoms with E-state index in [2.05, 4.69) is 17.6 Å². The molecule has 2 rings (SSSR count). The molecule has 1 aromatic heterocycles. The summed E-state index contributed by atoms with van der Waals surface area (Å²) < 4.78 is 4.90. The van der Waals surface area contributed by atoms with Crippen LogP contribution in [0.25, 0.3) is 10.9 Å². The van der Waals surface area contributed by atoms with Crippen molar-refractivity contribution in [1.29, 1.82) is 0 Å². The summed E-state index contributed by atoms with van der Waals surface area (Å²) in [4.78, 5) is 16.3. The Bertz CT molecular complexity index is 568. The molecule has 0 aliphatic rings. The van der Waals surface area contributed by atoms with Gasteiger partial charge in [-0.3, -0.25) is 4.98 Å². The van der Waals surface area contributed by atoms with Gasteiger partial charge in [0.15, 0.2) is 0 Å². The zero-order valence-electron chi connectivity index (χ0n) is 9.83. The summed E-state index contributed by atoms with van der Waals surface area (Å²) in [6.07, 6.45) is 3.00. The minimum absolute atomic E-state index is 0.377. The van der Waals surface area contributed by atoms with Crippen LogP contribution in [0.5, 0.6) is 0 Å². The Balaban J connectivity index is 1.91. The highest BCUT2D eigenvalue weighted by Crippen LogP contribution is 2.21. The van der Waals surface area contributed by atoms with Crippen LogP contribution in [-0.4, -0.2) is 23.3 Å². The second-order valence-corrected chi connectivity index (χ2v) is 4.75. The first-order chi connectivity index (χ1) is 8.79. The van der Waals surface area contributed by atoms with Crippen molar-refractivity contribution >= 4 is 28.6 Å². The summed E-state index contributed by atoms with van der Waals surface area (Å²) >= 11 is 1.61. The maximum atomic E-state index is 10.8. The lowest BCUT2D eigenvalue weighted by Gasteiger charge is -2.03. The van der Waals surface area contributed by atoms with Crippen LogP contribution in [0.3, 0.4) is 0 Å². The Kier molecular flexibility index (Phi) is 4.36. The van der Waals surface area contributed by atoms with Crippen LogP contribution < -0.4 is 0 Å². The Morgan fingerprint density at radius 2 is 2.28 bits per heavy atom. The molecule has 0 saturated carbocycles. The van der Waals surface area contributed by atoms with Crippen LogP contribution in [0.4, 0.5) is 0 Å². The van der Waals surface area contributed by atoms with Gasteiger partial charge in [0.25, 0.3) is 0 Å². The van der Waals surface area contributed by atoms with Crippen molar-refractivity contribution in [3.05, 3.63) is 49.2 Å². The first-order valence-electron chi connectivity index (χ1n) is 5.56. The quantitative estimate of drug-likeness (QED) is 0.358.